The molecule has 0 N–H and O–H groups in total. The van der Waals surface area contributed by atoms with Gasteiger partial charge in [-0.3, -0.25) is 4.79 Å². The number of aryl methyl sites for hydroxylation is 1. The number of piperidine rings is 1. The molecule has 1 aromatic carbocycles. The fourth-order valence-electron chi connectivity index (χ4n) is 5.49. The van der Waals surface area contributed by atoms with E-state index in [1.807, 2.05) is 16.2 Å². The largest absolute Gasteiger partial charge is 0.356 e. The number of aromatic nitrogens is 1. The Morgan fingerprint density at radius 2 is 2.06 bits per heavy atom. The summed E-state index contributed by atoms with van der Waals surface area (Å²) < 4.78 is 18.8. The number of thiophene rings is 1. The molecule has 0 unspecified atom stereocenters. The van der Waals surface area contributed by atoms with Gasteiger partial charge < -0.3 is 14.3 Å². The normalized spacial score (nSPS) is 17.6. The van der Waals surface area contributed by atoms with Crippen LogP contribution in [0.25, 0.3) is 11.0 Å². The minimum Gasteiger partial charge on any atom is -0.356 e. The standard InChI is InChI=1S/C26H32FN3O2S/c1-17-21(22-10-14-30(18(2)31)16-25(22)33-17)5-3-4-11-29-12-8-19(9-13-29)26-23-7-6-20(27)15-24(23)32-28-26/h6-7,15,19H,3-5,8-14,16H2,1-2H3. The van der Waals surface area contributed by atoms with Crippen molar-refractivity contribution in [1.29, 1.82) is 0 Å². The van der Waals surface area contributed by atoms with E-state index in [2.05, 4.69) is 17.0 Å². The van der Waals surface area contributed by atoms with Crippen molar-refractivity contribution >= 4 is 28.2 Å². The number of unbranched alkanes of at least 4 members (excludes halogenated alkanes) is 1. The second-order valence-electron chi connectivity index (χ2n) is 9.51. The van der Waals surface area contributed by atoms with Crippen molar-refractivity contribution in [1.82, 2.24) is 15.0 Å². The maximum Gasteiger partial charge on any atom is 0.219 e. The van der Waals surface area contributed by atoms with E-state index in [4.69, 9.17) is 4.52 Å². The summed E-state index contributed by atoms with van der Waals surface area (Å²) in [5.41, 5.74) is 4.61. The molecule has 4 heterocycles. The van der Waals surface area contributed by atoms with E-state index in [1.165, 1.54) is 40.3 Å². The first-order chi connectivity index (χ1) is 16.0. The van der Waals surface area contributed by atoms with Crippen LogP contribution in [-0.2, 0) is 24.2 Å². The number of benzene rings is 1. The smallest absolute Gasteiger partial charge is 0.219 e. The van der Waals surface area contributed by atoms with Crippen LogP contribution in [-0.4, -0.2) is 47.0 Å². The Morgan fingerprint density at radius 1 is 1.24 bits per heavy atom. The lowest BCUT2D eigenvalue weighted by Crippen LogP contribution is -2.34. The molecular weight excluding hydrogens is 437 g/mol. The lowest BCUT2D eigenvalue weighted by Gasteiger charge is -2.31. The minimum absolute atomic E-state index is 0.183. The molecule has 0 spiro atoms. The first-order valence-electron chi connectivity index (χ1n) is 12.1. The van der Waals surface area contributed by atoms with Gasteiger partial charge in [0.1, 0.15) is 5.82 Å². The minimum atomic E-state index is -0.281. The Hall–Kier alpha value is -2.25. The number of fused-ring (bicyclic) bond motifs is 2. The number of amides is 1. The summed E-state index contributed by atoms with van der Waals surface area (Å²) in [5, 5.41) is 5.22. The summed E-state index contributed by atoms with van der Waals surface area (Å²) >= 11 is 1.89. The second kappa shape index (κ2) is 9.55. The number of carbonyl (C=O) groups excluding carboxylic acids is 1. The number of nitrogens with zero attached hydrogens (tertiary/aromatic N) is 3. The molecule has 1 saturated heterocycles. The van der Waals surface area contributed by atoms with Crippen LogP contribution in [0.3, 0.4) is 0 Å². The molecule has 0 bridgehead atoms. The Kier molecular flexibility index (Phi) is 6.52. The number of rotatable bonds is 6. The zero-order chi connectivity index (χ0) is 22.9. The van der Waals surface area contributed by atoms with Crippen LogP contribution in [0.1, 0.15) is 65.1 Å². The highest BCUT2D eigenvalue weighted by Gasteiger charge is 2.26. The van der Waals surface area contributed by atoms with E-state index in [-0.39, 0.29) is 11.7 Å². The number of hydrogen-bond donors (Lipinski definition) is 0. The molecule has 5 nitrogen and oxygen atoms in total. The summed E-state index contributed by atoms with van der Waals surface area (Å²) in [6.45, 7) is 8.85. The highest BCUT2D eigenvalue weighted by molar-refractivity contribution is 7.12. The van der Waals surface area contributed by atoms with Gasteiger partial charge in [-0.1, -0.05) is 5.16 Å². The van der Waals surface area contributed by atoms with Crippen molar-refractivity contribution in [2.45, 2.75) is 64.8 Å². The Bertz CT molecular complexity index is 1150. The van der Waals surface area contributed by atoms with Gasteiger partial charge in [-0.2, -0.15) is 0 Å². The zero-order valence-electron chi connectivity index (χ0n) is 19.5. The molecule has 5 rings (SSSR count). The third-order valence-electron chi connectivity index (χ3n) is 7.40. The van der Waals surface area contributed by atoms with Crippen LogP contribution >= 0.6 is 11.3 Å². The topological polar surface area (TPSA) is 49.6 Å². The molecule has 2 aromatic heterocycles. The molecule has 2 aliphatic rings. The summed E-state index contributed by atoms with van der Waals surface area (Å²) in [4.78, 5) is 19.1. The molecule has 176 valence electrons. The first-order valence-corrected chi connectivity index (χ1v) is 12.9. The van der Waals surface area contributed by atoms with Crippen molar-refractivity contribution in [3.63, 3.8) is 0 Å². The first kappa shape index (κ1) is 22.5. The van der Waals surface area contributed by atoms with Gasteiger partial charge in [0.05, 0.1) is 12.2 Å². The second-order valence-corrected chi connectivity index (χ2v) is 10.8. The molecule has 0 saturated carbocycles. The summed E-state index contributed by atoms with van der Waals surface area (Å²) in [6, 6.07) is 4.71. The van der Waals surface area contributed by atoms with Crippen LogP contribution in [0, 0.1) is 12.7 Å². The average Bonchev–Trinajstić information content (AvgIpc) is 3.36. The van der Waals surface area contributed by atoms with Crippen LogP contribution < -0.4 is 0 Å². The van der Waals surface area contributed by atoms with E-state index in [0.717, 1.165) is 69.5 Å². The van der Waals surface area contributed by atoms with E-state index >= 15 is 0 Å². The average molecular weight is 470 g/mol. The predicted molar refractivity (Wildman–Crippen MR) is 129 cm³/mol. The Balaban J connectivity index is 1.09. The molecule has 2 aliphatic heterocycles. The van der Waals surface area contributed by atoms with Crippen LogP contribution in [0.4, 0.5) is 4.39 Å². The lowest BCUT2D eigenvalue weighted by molar-refractivity contribution is -0.129. The molecule has 0 atom stereocenters. The van der Waals surface area contributed by atoms with Crippen molar-refractivity contribution < 1.29 is 13.7 Å². The Labute approximate surface area is 198 Å². The molecule has 1 fully saturated rings. The molecule has 1 amide bonds. The van der Waals surface area contributed by atoms with E-state index in [9.17, 15) is 9.18 Å². The van der Waals surface area contributed by atoms with E-state index in [0.29, 0.717) is 11.5 Å². The van der Waals surface area contributed by atoms with Crippen LogP contribution in [0.2, 0.25) is 0 Å². The van der Waals surface area contributed by atoms with Gasteiger partial charge in [0.2, 0.25) is 5.91 Å². The number of hydrogen-bond acceptors (Lipinski definition) is 5. The van der Waals surface area contributed by atoms with E-state index in [1.54, 1.807) is 18.6 Å². The fourth-order valence-corrected chi connectivity index (χ4v) is 6.78. The molecule has 7 heteroatoms. The maximum absolute atomic E-state index is 13.4. The molecule has 0 radical (unpaired) electrons. The van der Waals surface area contributed by atoms with Gasteiger partial charge in [-0.05, 0) is 88.3 Å². The van der Waals surface area contributed by atoms with Crippen molar-refractivity contribution in [3.05, 3.63) is 50.6 Å². The SMILES string of the molecule is CC(=O)N1CCc2c(sc(C)c2CCCCN2CCC(c3noc4cc(F)ccc34)CC2)C1. The van der Waals surface area contributed by atoms with Gasteiger partial charge in [0.25, 0.3) is 0 Å². The number of carbonyl (C=O) groups is 1. The van der Waals surface area contributed by atoms with Crippen molar-refractivity contribution in [2.24, 2.45) is 0 Å². The van der Waals surface area contributed by atoms with Gasteiger partial charge in [0, 0.05) is 40.6 Å². The maximum atomic E-state index is 13.4. The van der Waals surface area contributed by atoms with Gasteiger partial charge in [-0.25, -0.2) is 4.39 Å². The molecule has 3 aromatic rings. The molecule has 33 heavy (non-hydrogen) atoms. The van der Waals surface area contributed by atoms with Crippen LogP contribution in [0.5, 0.6) is 0 Å². The summed E-state index contributed by atoms with van der Waals surface area (Å²) in [5.74, 6) is 0.293. The third kappa shape index (κ3) is 4.71. The lowest BCUT2D eigenvalue weighted by atomic mass is 9.91. The number of halogens is 1. The van der Waals surface area contributed by atoms with E-state index < -0.39 is 0 Å². The van der Waals surface area contributed by atoms with Gasteiger partial charge in [-0.15, -0.1) is 11.3 Å². The molecule has 0 aliphatic carbocycles. The van der Waals surface area contributed by atoms with Gasteiger partial charge >= 0.3 is 0 Å². The van der Waals surface area contributed by atoms with Crippen LogP contribution in [0.15, 0.2) is 22.7 Å². The zero-order valence-corrected chi connectivity index (χ0v) is 20.3. The fraction of sp³-hybridized carbons (Fsp3) is 0.538. The number of likely N-dealkylation sites (tertiary alicyclic amines) is 1. The van der Waals surface area contributed by atoms with Gasteiger partial charge in [0.15, 0.2) is 5.58 Å². The van der Waals surface area contributed by atoms with Crippen molar-refractivity contribution in [3.8, 4) is 0 Å². The molecular formula is C26H32FN3O2S. The predicted octanol–water partition coefficient (Wildman–Crippen LogP) is 5.44. The highest BCUT2D eigenvalue weighted by atomic mass is 32.1. The van der Waals surface area contributed by atoms with Crippen molar-refractivity contribution in [2.75, 3.05) is 26.2 Å². The summed E-state index contributed by atoms with van der Waals surface area (Å²) in [6.07, 6.45) is 6.72. The monoisotopic (exact) mass is 469 g/mol. The quantitative estimate of drug-likeness (QED) is 0.451. The summed E-state index contributed by atoms with van der Waals surface area (Å²) in [7, 11) is 0. The Morgan fingerprint density at radius 3 is 2.85 bits per heavy atom. The highest BCUT2D eigenvalue weighted by Crippen LogP contribution is 2.35. The third-order valence-corrected chi connectivity index (χ3v) is 8.58.